The Labute approximate surface area is 96.0 Å². The average molecular weight is 216 g/mol. The Kier molecular flexibility index (Phi) is 3.12. The van der Waals surface area contributed by atoms with Gasteiger partial charge in [0.15, 0.2) is 0 Å². The van der Waals surface area contributed by atoms with Gasteiger partial charge in [-0.15, -0.1) is 0 Å². The third kappa shape index (κ3) is 2.53. The fourth-order valence-corrected chi connectivity index (χ4v) is 1.94. The number of nitrogens with zero attached hydrogens (tertiary/aromatic N) is 1. The van der Waals surface area contributed by atoms with Gasteiger partial charge in [0.1, 0.15) is 11.4 Å². The molecule has 2 rings (SSSR count). The molecule has 0 bridgehead atoms. The highest BCUT2D eigenvalue weighted by Gasteiger charge is 2.28. The summed E-state index contributed by atoms with van der Waals surface area (Å²) in [5.41, 5.74) is 0.599. The van der Waals surface area contributed by atoms with Crippen molar-refractivity contribution in [2.75, 3.05) is 13.1 Å². The van der Waals surface area contributed by atoms with Gasteiger partial charge < -0.3 is 10.1 Å². The Morgan fingerprint density at radius 2 is 1.88 bits per heavy atom. The topological polar surface area (TPSA) is 45.0 Å². The normalized spacial score (nSPS) is 18.8. The summed E-state index contributed by atoms with van der Waals surface area (Å²) >= 11 is 0. The highest BCUT2D eigenvalue weighted by Crippen LogP contribution is 2.25. The summed E-state index contributed by atoms with van der Waals surface area (Å²) in [6.07, 6.45) is 2.04. The summed E-state index contributed by atoms with van der Waals surface area (Å²) in [7, 11) is 0. The van der Waals surface area contributed by atoms with Crippen molar-refractivity contribution >= 4 is 0 Å². The molecular weight excluding hydrogens is 200 g/mol. The van der Waals surface area contributed by atoms with Gasteiger partial charge in [0.2, 0.25) is 0 Å². The molecule has 3 heteroatoms. The van der Waals surface area contributed by atoms with Crippen LogP contribution in [0.4, 0.5) is 0 Å². The first kappa shape index (κ1) is 11.0. The van der Waals surface area contributed by atoms with E-state index in [0.717, 1.165) is 31.7 Å². The first-order valence-corrected chi connectivity index (χ1v) is 5.62. The van der Waals surface area contributed by atoms with Crippen molar-refractivity contribution in [3.63, 3.8) is 0 Å². The molecule has 0 amide bonds. The number of hydrogen-bond acceptors (Lipinski definition) is 3. The van der Waals surface area contributed by atoms with Gasteiger partial charge in [-0.2, -0.15) is 5.26 Å². The largest absolute Gasteiger partial charge is 0.487 e. The lowest BCUT2D eigenvalue weighted by Crippen LogP contribution is -2.43. The molecule has 0 aromatic heterocycles. The van der Waals surface area contributed by atoms with Crippen LogP contribution >= 0.6 is 0 Å². The minimum Gasteiger partial charge on any atom is -0.487 e. The van der Waals surface area contributed by atoms with E-state index in [9.17, 15) is 0 Å². The predicted molar refractivity (Wildman–Crippen MR) is 62.3 cm³/mol. The molecule has 3 nitrogen and oxygen atoms in total. The van der Waals surface area contributed by atoms with Crippen molar-refractivity contribution in [1.82, 2.24) is 5.32 Å². The van der Waals surface area contributed by atoms with Crippen molar-refractivity contribution < 1.29 is 4.74 Å². The molecule has 1 N–H and O–H groups in total. The molecule has 1 aromatic rings. The molecule has 0 radical (unpaired) electrons. The molecule has 0 aliphatic carbocycles. The predicted octanol–water partition coefficient (Wildman–Crippen LogP) is 2.08. The Hall–Kier alpha value is -1.53. The SMILES string of the molecule is CC1(Oc2ccc(C#N)cc2)CCNCC1. The van der Waals surface area contributed by atoms with Gasteiger partial charge in [0, 0.05) is 0 Å². The van der Waals surface area contributed by atoms with Crippen molar-refractivity contribution in [3.8, 4) is 11.8 Å². The van der Waals surface area contributed by atoms with E-state index < -0.39 is 0 Å². The Balaban J connectivity index is 2.05. The van der Waals surface area contributed by atoms with E-state index in [1.807, 2.05) is 12.1 Å². The summed E-state index contributed by atoms with van der Waals surface area (Å²) in [6.45, 7) is 4.16. The third-order valence-corrected chi connectivity index (χ3v) is 3.01. The standard InChI is InChI=1S/C13H16N2O/c1-13(6-8-15-9-7-13)16-12-4-2-11(10-14)3-5-12/h2-5,15H,6-9H2,1H3. The van der Waals surface area contributed by atoms with E-state index in [0.29, 0.717) is 5.56 Å². The lowest BCUT2D eigenvalue weighted by molar-refractivity contribution is 0.0556. The summed E-state index contributed by atoms with van der Waals surface area (Å²) in [5, 5.41) is 12.0. The van der Waals surface area contributed by atoms with Gasteiger partial charge in [0.05, 0.1) is 11.6 Å². The van der Waals surface area contributed by atoms with Crippen LogP contribution in [0.1, 0.15) is 25.3 Å². The van der Waals surface area contributed by atoms with E-state index in [4.69, 9.17) is 10.00 Å². The highest BCUT2D eigenvalue weighted by atomic mass is 16.5. The van der Waals surface area contributed by atoms with Gasteiger partial charge in [0.25, 0.3) is 0 Å². The summed E-state index contributed by atoms with van der Waals surface area (Å²) < 4.78 is 5.99. The Morgan fingerprint density at radius 1 is 1.25 bits per heavy atom. The van der Waals surface area contributed by atoms with Crippen LogP contribution in [0.3, 0.4) is 0 Å². The highest BCUT2D eigenvalue weighted by molar-refractivity contribution is 5.34. The minimum absolute atomic E-state index is 0.0700. The summed E-state index contributed by atoms with van der Waals surface area (Å²) in [6, 6.07) is 9.42. The van der Waals surface area contributed by atoms with Gasteiger partial charge >= 0.3 is 0 Å². The van der Waals surface area contributed by atoms with E-state index in [2.05, 4.69) is 18.3 Å². The van der Waals surface area contributed by atoms with E-state index >= 15 is 0 Å². The van der Waals surface area contributed by atoms with Crippen LogP contribution in [0.15, 0.2) is 24.3 Å². The Morgan fingerprint density at radius 3 is 2.44 bits per heavy atom. The molecule has 16 heavy (non-hydrogen) atoms. The Bertz CT molecular complexity index is 385. The first-order valence-electron chi connectivity index (χ1n) is 5.62. The third-order valence-electron chi connectivity index (χ3n) is 3.01. The lowest BCUT2D eigenvalue weighted by atomic mass is 9.94. The van der Waals surface area contributed by atoms with Crippen molar-refractivity contribution in [2.24, 2.45) is 0 Å². The van der Waals surface area contributed by atoms with Gasteiger partial charge in [-0.3, -0.25) is 0 Å². The van der Waals surface area contributed by atoms with Crippen molar-refractivity contribution in [3.05, 3.63) is 29.8 Å². The zero-order valence-electron chi connectivity index (χ0n) is 9.49. The molecule has 1 aromatic carbocycles. The van der Waals surface area contributed by atoms with E-state index in [-0.39, 0.29) is 5.60 Å². The van der Waals surface area contributed by atoms with Gasteiger partial charge in [-0.05, 0) is 57.1 Å². The van der Waals surface area contributed by atoms with E-state index in [1.165, 1.54) is 0 Å². The maximum absolute atomic E-state index is 8.70. The maximum atomic E-state index is 8.70. The lowest BCUT2D eigenvalue weighted by Gasteiger charge is -2.34. The molecular formula is C13H16N2O. The monoisotopic (exact) mass is 216 g/mol. The van der Waals surface area contributed by atoms with Crippen LogP contribution in [0.5, 0.6) is 5.75 Å². The smallest absolute Gasteiger partial charge is 0.120 e. The minimum atomic E-state index is -0.0700. The second-order valence-electron chi connectivity index (χ2n) is 4.44. The maximum Gasteiger partial charge on any atom is 0.120 e. The number of nitriles is 1. The van der Waals surface area contributed by atoms with Crippen LogP contribution in [-0.2, 0) is 0 Å². The second-order valence-corrected chi connectivity index (χ2v) is 4.44. The van der Waals surface area contributed by atoms with Crippen LogP contribution in [0.25, 0.3) is 0 Å². The second kappa shape index (κ2) is 4.54. The molecule has 84 valence electrons. The summed E-state index contributed by atoms with van der Waals surface area (Å²) in [5.74, 6) is 0.850. The fraction of sp³-hybridized carbons (Fsp3) is 0.462. The quantitative estimate of drug-likeness (QED) is 0.823. The molecule has 1 aliphatic heterocycles. The van der Waals surface area contributed by atoms with Crippen LogP contribution < -0.4 is 10.1 Å². The van der Waals surface area contributed by atoms with Gasteiger partial charge in [-0.1, -0.05) is 0 Å². The zero-order valence-corrected chi connectivity index (χ0v) is 9.49. The van der Waals surface area contributed by atoms with Crippen LogP contribution in [0, 0.1) is 11.3 Å². The summed E-state index contributed by atoms with van der Waals surface area (Å²) in [4.78, 5) is 0. The number of nitrogens with one attached hydrogen (secondary N) is 1. The molecule has 0 atom stereocenters. The van der Waals surface area contributed by atoms with Gasteiger partial charge in [-0.25, -0.2) is 0 Å². The molecule has 1 saturated heterocycles. The number of ether oxygens (including phenoxy) is 1. The number of hydrogen-bond donors (Lipinski definition) is 1. The molecule has 1 heterocycles. The van der Waals surface area contributed by atoms with Crippen LogP contribution in [-0.4, -0.2) is 18.7 Å². The molecule has 0 unspecified atom stereocenters. The average Bonchev–Trinajstić information content (AvgIpc) is 2.30. The molecule has 0 saturated carbocycles. The fourth-order valence-electron chi connectivity index (χ4n) is 1.94. The van der Waals surface area contributed by atoms with Crippen molar-refractivity contribution in [1.29, 1.82) is 5.26 Å². The number of benzene rings is 1. The van der Waals surface area contributed by atoms with E-state index in [1.54, 1.807) is 12.1 Å². The zero-order chi connectivity index (χ0) is 11.4. The number of rotatable bonds is 2. The molecule has 1 aliphatic rings. The molecule has 0 spiro atoms. The van der Waals surface area contributed by atoms with Crippen LogP contribution in [0.2, 0.25) is 0 Å². The van der Waals surface area contributed by atoms with Crippen molar-refractivity contribution in [2.45, 2.75) is 25.4 Å². The number of piperidine rings is 1. The molecule has 1 fully saturated rings. The first-order chi connectivity index (χ1) is 7.72.